The van der Waals surface area contributed by atoms with Crippen molar-refractivity contribution in [2.24, 2.45) is 5.92 Å². The van der Waals surface area contributed by atoms with E-state index in [2.05, 4.69) is 10.0 Å². The second-order valence-electron chi connectivity index (χ2n) is 8.37. The van der Waals surface area contributed by atoms with Crippen LogP contribution in [0.4, 0.5) is 11.4 Å². The van der Waals surface area contributed by atoms with Crippen molar-refractivity contribution in [2.75, 3.05) is 37.2 Å². The summed E-state index contributed by atoms with van der Waals surface area (Å²) in [5, 5.41) is 2.77. The van der Waals surface area contributed by atoms with Crippen LogP contribution in [0, 0.1) is 19.8 Å². The van der Waals surface area contributed by atoms with Crippen LogP contribution in [0.25, 0.3) is 0 Å². The van der Waals surface area contributed by atoms with Crippen LogP contribution in [0.3, 0.4) is 0 Å². The average molecular weight is 495 g/mol. The van der Waals surface area contributed by atoms with Crippen LogP contribution in [-0.4, -0.2) is 58.5 Å². The number of piperidine rings is 1. The molecule has 180 valence electrons. The van der Waals surface area contributed by atoms with Crippen molar-refractivity contribution < 1.29 is 21.6 Å². The largest absolute Gasteiger partial charge is 0.326 e. The van der Waals surface area contributed by atoms with E-state index in [0.717, 1.165) is 15.4 Å². The van der Waals surface area contributed by atoms with Gasteiger partial charge in [0.25, 0.3) is 20.2 Å². The van der Waals surface area contributed by atoms with Crippen molar-refractivity contribution in [3.05, 3.63) is 53.6 Å². The van der Waals surface area contributed by atoms with E-state index in [-0.39, 0.29) is 17.3 Å². The topological polar surface area (TPSA) is 116 Å². The second kappa shape index (κ2) is 9.80. The molecule has 1 aliphatic heterocycles. The number of hydrogen-bond donors (Lipinski definition) is 2. The lowest BCUT2D eigenvalue weighted by molar-refractivity contribution is -0.120. The number of sulfonamides is 1. The van der Waals surface area contributed by atoms with Gasteiger partial charge in [0.1, 0.15) is 0 Å². The number of carbonyl (C=O) groups is 1. The van der Waals surface area contributed by atoms with E-state index in [1.165, 1.54) is 42.7 Å². The highest BCUT2D eigenvalue weighted by atomic mass is 32.2. The summed E-state index contributed by atoms with van der Waals surface area (Å²) < 4.78 is 55.4. The Morgan fingerprint density at radius 2 is 1.61 bits per heavy atom. The van der Waals surface area contributed by atoms with E-state index in [0.29, 0.717) is 30.8 Å². The first-order chi connectivity index (χ1) is 15.4. The lowest BCUT2D eigenvalue weighted by Crippen LogP contribution is -2.47. The van der Waals surface area contributed by atoms with Gasteiger partial charge in [0.05, 0.1) is 16.5 Å². The smallest absolute Gasteiger partial charge is 0.281 e. The van der Waals surface area contributed by atoms with Crippen LogP contribution in [0.15, 0.2) is 47.4 Å². The third-order valence-corrected chi connectivity index (χ3v) is 8.97. The fraction of sp³-hybridized carbons (Fsp3) is 0.409. The zero-order valence-electron chi connectivity index (χ0n) is 19.2. The Bertz CT molecular complexity index is 1210. The third-order valence-electron chi connectivity index (χ3n) is 5.69. The van der Waals surface area contributed by atoms with E-state index in [9.17, 15) is 21.6 Å². The molecule has 1 fully saturated rings. The first-order valence-electron chi connectivity index (χ1n) is 10.6. The molecule has 2 aromatic carbocycles. The van der Waals surface area contributed by atoms with Crippen LogP contribution in [0.2, 0.25) is 0 Å². The fourth-order valence-corrected chi connectivity index (χ4v) is 6.12. The molecule has 0 radical (unpaired) electrons. The normalized spacial score (nSPS) is 17.7. The predicted molar refractivity (Wildman–Crippen MR) is 129 cm³/mol. The predicted octanol–water partition coefficient (Wildman–Crippen LogP) is 2.56. The van der Waals surface area contributed by atoms with Crippen LogP contribution >= 0.6 is 0 Å². The van der Waals surface area contributed by atoms with Gasteiger partial charge in [-0.25, -0.2) is 8.42 Å². The highest BCUT2D eigenvalue weighted by molar-refractivity contribution is 7.92. The number of amides is 1. The van der Waals surface area contributed by atoms with Crippen molar-refractivity contribution >= 4 is 37.5 Å². The highest BCUT2D eigenvalue weighted by Crippen LogP contribution is 2.25. The van der Waals surface area contributed by atoms with Gasteiger partial charge in [-0.05, 0) is 62.1 Å². The highest BCUT2D eigenvalue weighted by Gasteiger charge is 2.33. The van der Waals surface area contributed by atoms with Gasteiger partial charge in [0.15, 0.2) is 0 Å². The maximum absolute atomic E-state index is 12.8. The number of hydrogen-bond acceptors (Lipinski definition) is 5. The number of carbonyl (C=O) groups excluding carboxylic acids is 1. The molecule has 0 bridgehead atoms. The molecule has 1 atom stereocenters. The fourth-order valence-electron chi connectivity index (χ4n) is 3.73. The maximum Gasteiger partial charge on any atom is 0.281 e. The maximum atomic E-state index is 12.8. The summed E-state index contributed by atoms with van der Waals surface area (Å²) >= 11 is 0. The molecule has 1 heterocycles. The number of nitrogens with one attached hydrogen (secondary N) is 2. The van der Waals surface area contributed by atoms with Gasteiger partial charge in [-0.1, -0.05) is 18.2 Å². The van der Waals surface area contributed by atoms with E-state index in [4.69, 9.17) is 0 Å². The lowest BCUT2D eigenvalue weighted by Gasteiger charge is -2.32. The van der Waals surface area contributed by atoms with Crippen molar-refractivity contribution in [3.63, 3.8) is 0 Å². The molecule has 0 aliphatic carbocycles. The minimum atomic E-state index is -3.80. The first kappa shape index (κ1) is 25.2. The van der Waals surface area contributed by atoms with E-state index >= 15 is 0 Å². The summed E-state index contributed by atoms with van der Waals surface area (Å²) in [6.45, 7) is 4.15. The van der Waals surface area contributed by atoms with Gasteiger partial charge < -0.3 is 5.32 Å². The van der Waals surface area contributed by atoms with E-state index in [1.807, 2.05) is 32.0 Å². The molecule has 33 heavy (non-hydrogen) atoms. The molecule has 0 aromatic heterocycles. The molecule has 9 nitrogen and oxygen atoms in total. The molecule has 2 N–H and O–H groups in total. The third kappa shape index (κ3) is 5.72. The minimum absolute atomic E-state index is 0.0732. The Balaban J connectivity index is 1.68. The van der Waals surface area contributed by atoms with Gasteiger partial charge in [-0.15, -0.1) is 0 Å². The van der Waals surface area contributed by atoms with Gasteiger partial charge in [0, 0.05) is 32.9 Å². The van der Waals surface area contributed by atoms with Crippen LogP contribution < -0.4 is 10.0 Å². The second-order valence-corrected chi connectivity index (χ2v) is 12.2. The van der Waals surface area contributed by atoms with Gasteiger partial charge in [-0.2, -0.15) is 17.0 Å². The summed E-state index contributed by atoms with van der Waals surface area (Å²) in [7, 11) is -4.45. The molecule has 2 aromatic rings. The molecule has 0 saturated carbocycles. The lowest BCUT2D eigenvalue weighted by atomic mass is 9.99. The van der Waals surface area contributed by atoms with E-state index < -0.39 is 26.2 Å². The number of nitrogens with zero attached hydrogens (tertiary/aromatic N) is 2. The molecular weight excluding hydrogens is 464 g/mol. The number of benzene rings is 2. The number of aryl methyl sites for hydroxylation is 2. The van der Waals surface area contributed by atoms with Crippen molar-refractivity contribution in [2.45, 2.75) is 31.6 Å². The summed E-state index contributed by atoms with van der Waals surface area (Å²) in [4.78, 5) is 12.8. The van der Waals surface area contributed by atoms with Gasteiger partial charge in [0.2, 0.25) is 5.91 Å². The quantitative estimate of drug-likeness (QED) is 0.614. The molecule has 0 unspecified atom stereocenters. The summed E-state index contributed by atoms with van der Waals surface area (Å²) in [6.07, 6.45) is 1.17. The van der Waals surface area contributed by atoms with Crippen molar-refractivity contribution in [1.82, 2.24) is 8.61 Å². The van der Waals surface area contributed by atoms with Gasteiger partial charge in [-0.3, -0.25) is 9.52 Å². The molecule has 1 saturated heterocycles. The van der Waals surface area contributed by atoms with Crippen LogP contribution in [0.1, 0.15) is 24.0 Å². The van der Waals surface area contributed by atoms with Gasteiger partial charge >= 0.3 is 0 Å². The molecule has 1 amide bonds. The molecular formula is C22H30N4O5S2. The molecule has 1 aliphatic rings. The Morgan fingerprint density at radius 3 is 2.18 bits per heavy atom. The van der Waals surface area contributed by atoms with Crippen LogP contribution in [-0.2, 0) is 25.0 Å². The summed E-state index contributed by atoms with van der Waals surface area (Å²) in [6, 6.07) is 11.4. The monoisotopic (exact) mass is 494 g/mol. The Labute approximate surface area is 196 Å². The molecule has 0 spiro atoms. The SMILES string of the molecule is Cc1cccc(C)c1NS(=O)(=O)c1ccc(NC(=O)[C@H]2CCCN(S(=O)(=O)N(C)C)C2)cc1. The Kier molecular flexibility index (Phi) is 7.47. The summed E-state index contributed by atoms with van der Waals surface area (Å²) in [5.74, 6) is -0.777. The van der Waals surface area contributed by atoms with Crippen molar-refractivity contribution in [1.29, 1.82) is 0 Å². The number of para-hydroxylation sites is 1. The number of rotatable bonds is 7. The Morgan fingerprint density at radius 1 is 1.00 bits per heavy atom. The zero-order valence-corrected chi connectivity index (χ0v) is 20.8. The zero-order chi connectivity index (χ0) is 24.4. The number of anilines is 2. The Hall–Kier alpha value is -2.47. The van der Waals surface area contributed by atoms with Crippen molar-refractivity contribution in [3.8, 4) is 0 Å². The van der Waals surface area contributed by atoms with Crippen LogP contribution in [0.5, 0.6) is 0 Å². The van der Waals surface area contributed by atoms with E-state index in [1.54, 1.807) is 0 Å². The average Bonchev–Trinajstić information content (AvgIpc) is 2.77. The molecule has 3 rings (SSSR count). The minimum Gasteiger partial charge on any atom is -0.326 e. The standard InChI is InChI=1S/C22H30N4O5S2/c1-16-7-5-8-17(2)21(16)24-32(28,29)20-12-10-19(11-13-20)23-22(27)18-9-6-14-26(15-18)33(30,31)25(3)4/h5,7-8,10-13,18,24H,6,9,14-15H2,1-4H3,(H,23,27)/t18-/m0/s1. The first-order valence-corrected chi connectivity index (χ1v) is 13.5. The molecule has 11 heteroatoms. The summed E-state index contributed by atoms with van der Waals surface area (Å²) in [5.41, 5.74) is 2.63.